The second kappa shape index (κ2) is 8.03. The lowest BCUT2D eigenvalue weighted by atomic mass is 9.93. The van der Waals surface area contributed by atoms with Crippen LogP contribution in [0.4, 0.5) is 0 Å². The van der Waals surface area contributed by atoms with Crippen LogP contribution < -0.4 is 0 Å². The van der Waals surface area contributed by atoms with Crippen LogP contribution in [0.3, 0.4) is 0 Å². The molecule has 1 N–H and O–H groups in total. The van der Waals surface area contributed by atoms with Gasteiger partial charge < -0.3 is 10.0 Å². The first kappa shape index (κ1) is 18.5. The van der Waals surface area contributed by atoms with Gasteiger partial charge in [0.25, 0.3) is 5.91 Å². The first-order chi connectivity index (χ1) is 13.7. The van der Waals surface area contributed by atoms with E-state index in [0.29, 0.717) is 12.1 Å². The van der Waals surface area contributed by atoms with Gasteiger partial charge >= 0.3 is 0 Å². The minimum absolute atomic E-state index is 0.167. The van der Waals surface area contributed by atoms with Gasteiger partial charge in [0.15, 0.2) is 5.76 Å². The van der Waals surface area contributed by atoms with Gasteiger partial charge in [0.2, 0.25) is 0 Å². The van der Waals surface area contributed by atoms with E-state index in [1.54, 1.807) is 4.90 Å². The van der Waals surface area contributed by atoms with Gasteiger partial charge in [-0.3, -0.25) is 4.79 Å². The summed E-state index contributed by atoms with van der Waals surface area (Å²) in [6, 6.07) is 27.3. The Morgan fingerprint density at radius 3 is 2.14 bits per heavy atom. The standard InChI is InChI=1S/C24H20BrNO2/c25-20-14-8-7-13-19(20)22-21(18-11-5-2-6-12-18)23(27)24(28)26(22)16-15-17-9-3-1-4-10-17/h1-14,22,27H,15-16H2/t22-/m0/s1. The van der Waals surface area contributed by atoms with Crippen molar-refractivity contribution in [2.45, 2.75) is 12.5 Å². The molecular weight excluding hydrogens is 414 g/mol. The molecule has 1 aliphatic rings. The number of amides is 1. The summed E-state index contributed by atoms with van der Waals surface area (Å²) >= 11 is 3.63. The summed E-state index contributed by atoms with van der Waals surface area (Å²) in [5.41, 5.74) is 3.64. The van der Waals surface area contributed by atoms with E-state index in [0.717, 1.165) is 27.6 Å². The zero-order valence-corrected chi connectivity index (χ0v) is 16.8. The quantitative estimate of drug-likeness (QED) is 0.573. The van der Waals surface area contributed by atoms with E-state index in [9.17, 15) is 9.90 Å². The van der Waals surface area contributed by atoms with Gasteiger partial charge in [0, 0.05) is 16.6 Å². The molecule has 0 saturated carbocycles. The van der Waals surface area contributed by atoms with Crippen LogP contribution >= 0.6 is 15.9 Å². The Hall–Kier alpha value is -2.85. The Bertz CT molecular complexity index is 1020. The number of carbonyl (C=O) groups is 1. The minimum Gasteiger partial charge on any atom is -0.503 e. The summed E-state index contributed by atoms with van der Waals surface area (Å²) in [6.45, 7) is 0.523. The number of hydrogen-bond acceptors (Lipinski definition) is 2. The predicted octanol–water partition coefficient (Wildman–Crippen LogP) is 5.54. The molecule has 0 fully saturated rings. The molecule has 28 heavy (non-hydrogen) atoms. The van der Waals surface area contributed by atoms with Crippen molar-refractivity contribution in [1.82, 2.24) is 4.90 Å². The molecule has 1 amide bonds. The highest BCUT2D eigenvalue weighted by Gasteiger charge is 2.41. The Labute approximate surface area is 173 Å². The number of hydrogen-bond donors (Lipinski definition) is 1. The molecule has 0 radical (unpaired) electrons. The molecule has 4 rings (SSSR count). The van der Waals surface area contributed by atoms with Gasteiger partial charge in [0.05, 0.1) is 6.04 Å². The Balaban J connectivity index is 1.75. The molecule has 3 aromatic carbocycles. The van der Waals surface area contributed by atoms with Crippen molar-refractivity contribution in [2.75, 3.05) is 6.54 Å². The molecule has 4 heteroatoms. The molecule has 0 bridgehead atoms. The zero-order valence-electron chi connectivity index (χ0n) is 15.3. The topological polar surface area (TPSA) is 40.5 Å². The van der Waals surface area contributed by atoms with Crippen LogP contribution in [0.25, 0.3) is 5.57 Å². The lowest BCUT2D eigenvalue weighted by molar-refractivity contribution is -0.129. The van der Waals surface area contributed by atoms with Crippen molar-refractivity contribution >= 4 is 27.4 Å². The first-order valence-corrected chi connectivity index (χ1v) is 10.0. The van der Waals surface area contributed by atoms with Crippen LogP contribution in [0.2, 0.25) is 0 Å². The van der Waals surface area contributed by atoms with Crippen LogP contribution in [-0.2, 0) is 11.2 Å². The number of rotatable bonds is 5. The van der Waals surface area contributed by atoms with Crippen LogP contribution in [0.15, 0.2) is 95.2 Å². The molecule has 1 aliphatic heterocycles. The summed E-state index contributed by atoms with van der Waals surface area (Å²) in [4.78, 5) is 14.8. The molecular formula is C24H20BrNO2. The molecule has 3 nitrogen and oxygen atoms in total. The lowest BCUT2D eigenvalue weighted by Gasteiger charge is -2.28. The molecule has 1 atom stereocenters. The van der Waals surface area contributed by atoms with Gasteiger partial charge in [-0.2, -0.15) is 0 Å². The highest BCUT2D eigenvalue weighted by molar-refractivity contribution is 9.10. The fourth-order valence-electron chi connectivity index (χ4n) is 3.71. The number of carbonyl (C=O) groups excluding carboxylic acids is 1. The Morgan fingerprint density at radius 1 is 0.857 bits per heavy atom. The number of benzene rings is 3. The van der Waals surface area contributed by atoms with Crippen molar-refractivity contribution in [1.29, 1.82) is 0 Å². The highest BCUT2D eigenvalue weighted by atomic mass is 79.9. The van der Waals surface area contributed by atoms with Crippen molar-refractivity contribution in [3.63, 3.8) is 0 Å². The summed E-state index contributed by atoms with van der Waals surface area (Å²) in [5, 5.41) is 10.8. The second-order valence-electron chi connectivity index (χ2n) is 6.79. The molecule has 0 aromatic heterocycles. The van der Waals surface area contributed by atoms with Crippen molar-refractivity contribution < 1.29 is 9.90 Å². The number of aliphatic hydroxyl groups is 1. The van der Waals surface area contributed by atoms with Crippen LogP contribution in [0.1, 0.15) is 22.7 Å². The summed E-state index contributed by atoms with van der Waals surface area (Å²) < 4.78 is 0.917. The van der Waals surface area contributed by atoms with Gasteiger partial charge in [-0.05, 0) is 29.2 Å². The van der Waals surface area contributed by atoms with Crippen molar-refractivity contribution in [3.05, 3.63) is 112 Å². The van der Waals surface area contributed by atoms with Gasteiger partial charge in [-0.15, -0.1) is 0 Å². The minimum atomic E-state index is -0.339. The summed E-state index contributed by atoms with van der Waals surface area (Å²) in [5.74, 6) is -0.490. The number of aliphatic hydroxyl groups excluding tert-OH is 1. The van der Waals surface area contributed by atoms with Crippen LogP contribution in [0, 0.1) is 0 Å². The predicted molar refractivity (Wildman–Crippen MR) is 115 cm³/mol. The molecule has 0 spiro atoms. The molecule has 0 saturated heterocycles. The maximum atomic E-state index is 13.0. The third-order valence-corrected chi connectivity index (χ3v) is 5.79. The maximum absolute atomic E-state index is 13.0. The highest BCUT2D eigenvalue weighted by Crippen LogP contribution is 2.44. The summed E-state index contributed by atoms with van der Waals surface area (Å²) in [7, 11) is 0. The lowest BCUT2D eigenvalue weighted by Crippen LogP contribution is -2.32. The van der Waals surface area contributed by atoms with Crippen LogP contribution in [-0.4, -0.2) is 22.5 Å². The normalized spacial score (nSPS) is 16.7. The number of halogens is 1. The Kier molecular flexibility index (Phi) is 5.31. The van der Waals surface area contributed by atoms with Crippen molar-refractivity contribution in [2.24, 2.45) is 0 Å². The van der Waals surface area contributed by atoms with Gasteiger partial charge in [-0.1, -0.05) is 94.8 Å². The fraction of sp³-hybridized carbons (Fsp3) is 0.125. The largest absolute Gasteiger partial charge is 0.503 e. The molecule has 3 aromatic rings. The Morgan fingerprint density at radius 2 is 1.46 bits per heavy atom. The molecule has 0 unspecified atom stereocenters. The monoisotopic (exact) mass is 433 g/mol. The van der Waals surface area contributed by atoms with E-state index < -0.39 is 0 Å². The van der Waals surface area contributed by atoms with Crippen LogP contribution in [0.5, 0.6) is 0 Å². The zero-order chi connectivity index (χ0) is 19.5. The molecule has 140 valence electrons. The second-order valence-corrected chi connectivity index (χ2v) is 7.64. The van der Waals surface area contributed by atoms with Gasteiger partial charge in [-0.25, -0.2) is 0 Å². The molecule has 0 aliphatic carbocycles. The van der Waals surface area contributed by atoms with E-state index in [-0.39, 0.29) is 17.7 Å². The van der Waals surface area contributed by atoms with E-state index in [1.165, 1.54) is 0 Å². The first-order valence-electron chi connectivity index (χ1n) is 9.24. The maximum Gasteiger partial charge on any atom is 0.289 e. The number of nitrogens with zero attached hydrogens (tertiary/aromatic N) is 1. The third-order valence-electron chi connectivity index (χ3n) is 5.07. The van der Waals surface area contributed by atoms with Crippen molar-refractivity contribution in [3.8, 4) is 0 Å². The SMILES string of the molecule is O=C1C(O)=C(c2ccccc2)[C@H](c2ccccc2Br)N1CCc1ccccc1. The van der Waals surface area contributed by atoms with E-state index in [1.807, 2.05) is 72.8 Å². The third kappa shape index (κ3) is 3.48. The van der Waals surface area contributed by atoms with E-state index in [4.69, 9.17) is 0 Å². The van der Waals surface area contributed by atoms with Gasteiger partial charge in [0.1, 0.15) is 0 Å². The van der Waals surface area contributed by atoms with E-state index in [2.05, 4.69) is 28.1 Å². The fourth-order valence-corrected chi connectivity index (χ4v) is 4.21. The smallest absolute Gasteiger partial charge is 0.289 e. The average molecular weight is 434 g/mol. The average Bonchev–Trinajstić information content (AvgIpc) is 2.98. The van der Waals surface area contributed by atoms with E-state index >= 15 is 0 Å². The molecule has 1 heterocycles. The summed E-state index contributed by atoms with van der Waals surface area (Å²) in [6.07, 6.45) is 0.725.